The molecular formula is C11H18OSi. The van der Waals surface area contributed by atoms with Gasteiger partial charge in [0.15, 0.2) is 0 Å². The average molecular weight is 194 g/mol. The lowest BCUT2D eigenvalue weighted by molar-refractivity contribution is 0.568. The quantitative estimate of drug-likeness (QED) is 0.678. The Kier molecular flexibility index (Phi) is 2.64. The molecule has 0 saturated heterocycles. The van der Waals surface area contributed by atoms with E-state index in [-0.39, 0.29) is 0 Å². The highest BCUT2D eigenvalue weighted by Crippen LogP contribution is 2.11. The Morgan fingerprint density at radius 3 is 1.69 bits per heavy atom. The zero-order chi connectivity index (χ0) is 10.2. The van der Waals surface area contributed by atoms with Gasteiger partial charge in [0, 0.05) is 0 Å². The lowest BCUT2D eigenvalue weighted by Gasteiger charge is -2.20. The lowest BCUT2D eigenvalue weighted by Crippen LogP contribution is -2.44. The molecule has 1 aromatic rings. The van der Waals surface area contributed by atoms with Crippen LogP contribution in [0, 0.1) is 20.8 Å². The lowest BCUT2D eigenvalue weighted by atomic mass is 10.1. The first-order chi connectivity index (χ1) is 5.82. The number of hydrogen-bond acceptors (Lipinski definition) is 1. The molecule has 1 N–H and O–H groups in total. The van der Waals surface area contributed by atoms with Gasteiger partial charge in [-0.25, -0.2) is 0 Å². The first kappa shape index (κ1) is 10.5. The average Bonchev–Trinajstić information content (AvgIpc) is 1.78. The predicted octanol–water partition coefficient (Wildman–Crippen LogP) is 2.02. The summed E-state index contributed by atoms with van der Waals surface area (Å²) in [5, 5.41) is 1.19. The molecule has 1 nitrogen and oxygen atoms in total. The molecule has 0 aliphatic carbocycles. The Morgan fingerprint density at radius 1 is 1.00 bits per heavy atom. The van der Waals surface area contributed by atoms with Crippen molar-refractivity contribution < 1.29 is 4.80 Å². The molecule has 0 aliphatic heterocycles. The van der Waals surface area contributed by atoms with Crippen molar-refractivity contribution in [1.29, 1.82) is 0 Å². The van der Waals surface area contributed by atoms with Gasteiger partial charge < -0.3 is 4.80 Å². The number of benzene rings is 1. The van der Waals surface area contributed by atoms with Gasteiger partial charge in [0.2, 0.25) is 8.32 Å². The Balaban J connectivity index is 3.38. The molecule has 0 aliphatic rings. The fourth-order valence-corrected chi connectivity index (χ4v) is 4.22. The largest absolute Gasteiger partial charge is 0.428 e. The second-order valence-electron chi connectivity index (χ2n) is 4.33. The molecule has 1 rings (SSSR count). The number of hydrogen-bond donors (Lipinski definition) is 1. The van der Waals surface area contributed by atoms with Crippen LogP contribution >= 0.6 is 0 Å². The van der Waals surface area contributed by atoms with Crippen molar-refractivity contribution in [3.8, 4) is 0 Å². The van der Waals surface area contributed by atoms with E-state index in [1.54, 1.807) is 0 Å². The van der Waals surface area contributed by atoms with Crippen LogP contribution in [-0.4, -0.2) is 13.1 Å². The molecule has 13 heavy (non-hydrogen) atoms. The molecule has 0 atom stereocenters. The van der Waals surface area contributed by atoms with Crippen LogP contribution in [0.1, 0.15) is 16.7 Å². The van der Waals surface area contributed by atoms with Crippen LogP contribution < -0.4 is 5.19 Å². The second kappa shape index (κ2) is 3.27. The SMILES string of the molecule is Cc1cc(C)c([Si](C)(C)O)c(C)c1. The minimum absolute atomic E-state index is 1.19. The van der Waals surface area contributed by atoms with E-state index in [4.69, 9.17) is 0 Å². The van der Waals surface area contributed by atoms with Gasteiger partial charge in [-0.3, -0.25) is 0 Å². The van der Waals surface area contributed by atoms with Crippen LogP contribution in [0.5, 0.6) is 0 Å². The van der Waals surface area contributed by atoms with Gasteiger partial charge in [-0.05, 0) is 50.2 Å². The Morgan fingerprint density at radius 2 is 1.38 bits per heavy atom. The summed E-state index contributed by atoms with van der Waals surface area (Å²) < 4.78 is 0. The second-order valence-corrected chi connectivity index (χ2v) is 7.95. The van der Waals surface area contributed by atoms with Crippen molar-refractivity contribution >= 4 is 13.5 Å². The maximum absolute atomic E-state index is 10.1. The van der Waals surface area contributed by atoms with E-state index < -0.39 is 8.32 Å². The van der Waals surface area contributed by atoms with E-state index in [1.807, 2.05) is 13.1 Å². The van der Waals surface area contributed by atoms with Crippen LogP contribution in [0.15, 0.2) is 12.1 Å². The van der Waals surface area contributed by atoms with E-state index in [9.17, 15) is 4.80 Å². The molecule has 2 heteroatoms. The summed E-state index contributed by atoms with van der Waals surface area (Å²) in [7, 11) is -2.15. The molecule has 0 unspecified atom stereocenters. The molecule has 0 saturated carbocycles. The summed E-state index contributed by atoms with van der Waals surface area (Å²) in [6.45, 7) is 10.2. The zero-order valence-corrected chi connectivity index (χ0v) is 10.1. The predicted molar refractivity (Wildman–Crippen MR) is 60.0 cm³/mol. The van der Waals surface area contributed by atoms with Gasteiger partial charge in [0.1, 0.15) is 0 Å². The van der Waals surface area contributed by atoms with E-state index in [2.05, 4.69) is 32.9 Å². The zero-order valence-electron chi connectivity index (χ0n) is 9.10. The number of aryl methyl sites for hydroxylation is 3. The third-order valence-electron chi connectivity index (χ3n) is 2.29. The Labute approximate surface area is 81.6 Å². The van der Waals surface area contributed by atoms with Gasteiger partial charge in [0.05, 0.1) is 0 Å². The van der Waals surface area contributed by atoms with Crippen LogP contribution in [0.3, 0.4) is 0 Å². The molecule has 0 heterocycles. The van der Waals surface area contributed by atoms with Gasteiger partial charge in [-0.2, -0.15) is 0 Å². The summed E-state index contributed by atoms with van der Waals surface area (Å²) in [5.41, 5.74) is 3.74. The van der Waals surface area contributed by atoms with Crippen LogP contribution in [0.2, 0.25) is 13.1 Å². The smallest absolute Gasteiger partial charge is 0.214 e. The van der Waals surface area contributed by atoms with Crippen molar-refractivity contribution in [1.82, 2.24) is 0 Å². The summed E-state index contributed by atoms with van der Waals surface area (Å²) >= 11 is 0. The van der Waals surface area contributed by atoms with Crippen molar-refractivity contribution in [2.45, 2.75) is 33.9 Å². The summed E-state index contributed by atoms with van der Waals surface area (Å²) in [6.07, 6.45) is 0. The molecule has 0 fully saturated rings. The van der Waals surface area contributed by atoms with E-state index >= 15 is 0 Å². The maximum atomic E-state index is 10.1. The maximum Gasteiger partial charge on any atom is 0.214 e. The van der Waals surface area contributed by atoms with Crippen molar-refractivity contribution in [2.75, 3.05) is 0 Å². The fourth-order valence-electron chi connectivity index (χ4n) is 2.15. The fraction of sp³-hybridized carbons (Fsp3) is 0.455. The standard InChI is InChI=1S/C11H18OSi/c1-8-6-9(2)11(10(3)7-8)13(4,5)12/h6-7,12H,1-5H3. The van der Waals surface area contributed by atoms with Crippen LogP contribution in [0.25, 0.3) is 0 Å². The van der Waals surface area contributed by atoms with Crippen LogP contribution in [-0.2, 0) is 0 Å². The molecule has 0 bridgehead atoms. The highest BCUT2D eigenvalue weighted by atomic mass is 28.4. The molecule has 0 amide bonds. The molecule has 0 spiro atoms. The van der Waals surface area contributed by atoms with Crippen molar-refractivity contribution in [3.63, 3.8) is 0 Å². The number of rotatable bonds is 1. The molecule has 0 aromatic heterocycles. The normalized spacial score (nSPS) is 11.8. The topological polar surface area (TPSA) is 20.2 Å². The monoisotopic (exact) mass is 194 g/mol. The van der Waals surface area contributed by atoms with Gasteiger partial charge >= 0.3 is 0 Å². The molecule has 72 valence electrons. The highest BCUT2D eigenvalue weighted by molar-refractivity contribution is 6.83. The third kappa shape index (κ3) is 2.20. The van der Waals surface area contributed by atoms with E-state index in [0.717, 1.165) is 0 Å². The van der Waals surface area contributed by atoms with Crippen molar-refractivity contribution in [2.24, 2.45) is 0 Å². The first-order valence-corrected chi connectivity index (χ1v) is 7.58. The summed E-state index contributed by atoms with van der Waals surface area (Å²) in [6, 6.07) is 4.29. The van der Waals surface area contributed by atoms with Crippen LogP contribution in [0.4, 0.5) is 0 Å². The third-order valence-corrected chi connectivity index (χ3v) is 4.30. The van der Waals surface area contributed by atoms with Gasteiger partial charge in [-0.1, -0.05) is 17.7 Å². The Hall–Kier alpha value is -0.603. The van der Waals surface area contributed by atoms with Gasteiger partial charge in [0.25, 0.3) is 0 Å². The first-order valence-electron chi connectivity index (χ1n) is 4.63. The Bertz CT molecular complexity index is 300. The van der Waals surface area contributed by atoms with E-state index in [0.29, 0.717) is 0 Å². The van der Waals surface area contributed by atoms with E-state index in [1.165, 1.54) is 21.9 Å². The molecule has 1 aromatic carbocycles. The summed E-state index contributed by atoms with van der Waals surface area (Å²) in [4.78, 5) is 10.1. The molecular weight excluding hydrogens is 176 g/mol. The summed E-state index contributed by atoms with van der Waals surface area (Å²) in [5.74, 6) is 0. The van der Waals surface area contributed by atoms with Gasteiger partial charge in [-0.15, -0.1) is 0 Å². The minimum atomic E-state index is -2.15. The minimum Gasteiger partial charge on any atom is -0.428 e. The van der Waals surface area contributed by atoms with Crippen molar-refractivity contribution in [3.05, 3.63) is 28.8 Å². The molecule has 0 radical (unpaired) electrons. The highest BCUT2D eigenvalue weighted by Gasteiger charge is 2.24.